The van der Waals surface area contributed by atoms with Gasteiger partial charge in [-0.15, -0.1) is 0 Å². The molecule has 0 aromatic carbocycles. The van der Waals surface area contributed by atoms with Crippen LogP contribution in [0.2, 0.25) is 0 Å². The monoisotopic (exact) mass is 217 g/mol. The lowest BCUT2D eigenvalue weighted by Gasteiger charge is -2.41. The van der Waals surface area contributed by atoms with Gasteiger partial charge in [-0.1, -0.05) is 13.8 Å². The number of hydrogen-bond donors (Lipinski definition) is 2. The van der Waals surface area contributed by atoms with Crippen LogP contribution in [0, 0.1) is 5.92 Å². The van der Waals surface area contributed by atoms with E-state index in [-0.39, 0.29) is 19.5 Å². The highest BCUT2D eigenvalue weighted by atomic mass is 16.3. The molecule has 2 amide bonds. The van der Waals surface area contributed by atoms with E-state index in [9.17, 15) is 4.79 Å². The Balaban J connectivity index is 2.60. The van der Waals surface area contributed by atoms with Crippen LogP contribution in [0.15, 0.2) is 0 Å². The van der Waals surface area contributed by atoms with Gasteiger partial charge in [0, 0.05) is 6.54 Å². The predicted octanol–water partition coefficient (Wildman–Crippen LogP) is -0.503. The lowest BCUT2D eigenvalue weighted by molar-refractivity contribution is -0.0297. The zero-order valence-corrected chi connectivity index (χ0v) is 9.26. The van der Waals surface area contributed by atoms with Crippen LogP contribution < -0.4 is 0 Å². The van der Waals surface area contributed by atoms with E-state index < -0.39 is 0 Å². The number of amides is 2. The predicted molar refractivity (Wildman–Crippen MR) is 54.5 cm³/mol. The Morgan fingerprint density at radius 3 is 2.00 bits per heavy atom. The summed E-state index contributed by atoms with van der Waals surface area (Å²) in [5, 5.41) is 18.0. The molecule has 6 heteroatoms. The molecule has 2 N–H and O–H groups in total. The van der Waals surface area contributed by atoms with Crippen molar-refractivity contribution in [2.45, 2.75) is 13.8 Å². The first-order valence-corrected chi connectivity index (χ1v) is 5.06. The van der Waals surface area contributed by atoms with Gasteiger partial charge in [0.2, 0.25) is 0 Å². The van der Waals surface area contributed by atoms with Gasteiger partial charge in [0.25, 0.3) is 0 Å². The maximum absolute atomic E-state index is 11.5. The van der Waals surface area contributed by atoms with Gasteiger partial charge in [-0.25, -0.2) is 4.79 Å². The van der Waals surface area contributed by atoms with E-state index in [4.69, 9.17) is 10.2 Å². The van der Waals surface area contributed by atoms with Crippen LogP contribution in [0.3, 0.4) is 0 Å². The second-order valence-electron chi connectivity index (χ2n) is 4.18. The van der Waals surface area contributed by atoms with Crippen molar-refractivity contribution in [3.63, 3.8) is 0 Å². The van der Waals surface area contributed by atoms with Crippen LogP contribution in [0.5, 0.6) is 0 Å². The van der Waals surface area contributed by atoms with Gasteiger partial charge in [0.15, 0.2) is 0 Å². The SMILES string of the molecule is CC(C)CN1CN(CO)C(=O)N(CO)C1. The van der Waals surface area contributed by atoms with Crippen molar-refractivity contribution in [3.05, 3.63) is 0 Å². The molecule has 6 nitrogen and oxygen atoms in total. The van der Waals surface area contributed by atoms with Crippen LogP contribution in [0.25, 0.3) is 0 Å². The average molecular weight is 217 g/mol. The van der Waals surface area contributed by atoms with Gasteiger partial charge in [-0.05, 0) is 5.92 Å². The normalized spacial score (nSPS) is 19.1. The van der Waals surface area contributed by atoms with E-state index in [0.29, 0.717) is 19.3 Å². The molecule has 1 aliphatic heterocycles. The summed E-state index contributed by atoms with van der Waals surface area (Å²) in [7, 11) is 0. The van der Waals surface area contributed by atoms with Gasteiger partial charge in [0.1, 0.15) is 13.5 Å². The third-order valence-electron chi connectivity index (χ3n) is 2.25. The highest BCUT2D eigenvalue weighted by Gasteiger charge is 2.29. The molecular weight excluding hydrogens is 198 g/mol. The summed E-state index contributed by atoms with van der Waals surface area (Å²) >= 11 is 0. The van der Waals surface area contributed by atoms with Crippen molar-refractivity contribution in [2.24, 2.45) is 5.92 Å². The number of hydrogen-bond acceptors (Lipinski definition) is 4. The summed E-state index contributed by atoms with van der Waals surface area (Å²) in [5.74, 6) is 0.485. The molecule has 0 unspecified atom stereocenters. The Hall–Kier alpha value is -0.850. The maximum Gasteiger partial charge on any atom is 0.325 e. The average Bonchev–Trinajstić information content (AvgIpc) is 2.19. The molecular formula is C9H19N3O3. The van der Waals surface area contributed by atoms with E-state index in [2.05, 4.69) is 13.8 Å². The Labute approximate surface area is 89.7 Å². The number of carbonyl (C=O) groups excluding carboxylic acids is 1. The van der Waals surface area contributed by atoms with E-state index in [1.54, 1.807) is 0 Å². The van der Waals surface area contributed by atoms with Crippen LogP contribution >= 0.6 is 0 Å². The summed E-state index contributed by atoms with van der Waals surface area (Å²) in [6.07, 6.45) is 0. The molecule has 15 heavy (non-hydrogen) atoms. The molecule has 1 fully saturated rings. The molecule has 0 radical (unpaired) electrons. The van der Waals surface area contributed by atoms with Crippen molar-refractivity contribution in [3.8, 4) is 0 Å². The number of nitrogens with zero attached hydrogens (tertiary/aromatic N) is 3. The zero-order chi connectivity index (χ0) is 11.4. The second kappa shape index (κ2) is 5.29. The van der Waals surface area contributed by atoms with Gasteiger partial charge in [0.05, 0.1) is 13.3 Å². The Morgan fingerprint density at radius 2 is 1.67 bits per heavy atom. The molecule has 1 rings (SSSR count). The minimum Gasteiger partial charge on any atom is -0.376 e. The minimum absolute atomic E-state index is 0.316. The second-order valence-corrected chi connectivity index (χ2v) is 4.18. The van der Waals surface area contributed by atoms with Crippen LogP contribution in [0.4, 0.5) is 4.79 Å². The van der Waals surface area contributed by atoms with Crippen molar-refractivity contribution in [2.75, 3.05) is 33.3 Å². The topological polar surface area (TPSA) is 67.2 Å². The van der Waals surface area contributed by atoms with Crippen LogP contribution in [0.1, 0.15) is 13.8 Å². The quantitative estimate of drug-likeness (QED) is 0.666. The molecule has 88 valence electrons. The summed E-state index contributed by atoms with van der Waals surface area (Å²) in [6, 6.07) is -0.319. The van der Waals surface area contributed by atoms with Gasteiger partial charge in [-0.3, -0.25) is 14.7 Å². The molecule has 0 aromatic rings. The van der Waals surface area contributed by atoms with E-state index in [1.165, 1.54) is 9.80 Å². The van der Waals surface area contributed by atoms with E-state index in [1.807, 2.05) is 4.90 Å². The fourth-order valence-electron chi connectivity index (χ4n) is 1.69. The largest absolute Gasteiger partial charge is 0.376 e. The molecule has 1 aliphatic rings. The molecule has 0 aliphatic carbocycles. The summed E-state index contributed by atoms with van der Waals surface area (Å²) < 4.78 is 0. The Bertz CT molecular complexity index is 207. The number of aliphatic hydroxyl groups is 2. The van der Waals surface area contributed by atoms with Crippen molar-refractivity contribution >= 4 is 6.03 Å². The molecule has 0 bridgehead atoms. The van der Waals surface area contributed by atoms with E-state index in [0.717, 1.165) is 6.54 Å². The first kappa shape index (κ1) is 12.2. The molecule has 1 heterocycles. The lowest BCUT2D eigenvalue weighted by atomic mass is 10.2. The van der Waals surface area contributed by atoms with Crippen molar-refractivity contribution < 1.29 is 15.0 Å². The molecule has 0 spiro atoms. The molecule has 0 aromatic heterocycles. The molecule has 0 atom stereocenters. The van der Waals surface area contributed by atoms with Crippen molar-refractivity contribution in [1.29, 1.82) is 0 Å². The fourth-order valence-corrected chi connectivity index (χ4v) is 1.69. The number of rotatable bonds is 4. The van der Waals surface area contributed by atoms with Gasteiger partial charge < -0.3 is 10.2 Å². The summed E-state index contributed by atoms with van der Waals surface area (Å²) in [5.41, 5.74) is 0. The number of aliphatic hydroxyl groups excluding tert-OH is 2. The lowest BCUT2D eigenvalue weighted by Crippen LogP contribution is -2.58. The van der Waals surface area contributed by atoms with Crippen LogP contribution in [-0.2, 0) is 0 Å². The van der Waals surface area contributed by atoms with E-state index >= 15 is 0 Å². The highest BCUT2D eigenvalue weighted by molar-refractivity contribution is 5.74. The Morgan fingerprint density at radius 1 is 1.20 bits per heavy atom. The standard InChI is InChI=1S/C9H19N3O3/c1-8(2)3-10-4-11(6-13)9(15)12(5-10)7-14/h8,13-14H,3-7H2,1-2H3. The summed E-state index contributed by atoms with van der Waals surface area (Å²) in [6.45, 7) is 5.22. The Kier molecular flexibility index (Phi) is 4.31. The first-order chi connectivity index (χ1) is 7.08. The molecule has 0 saturated carbocycles. The number of urea groups is 1. The van der Waals surface area contributed by atoms with Gasteiger partial charge in [-0.2, -0.15) is 0 Å². The van der Waals surface area contributed by atoms with Gasteiger partial charge >= 0.3 is 6.03 Å². The third-order valence-corrected chi connectivity index (χ3v) is 2.25. The van der Waals surface area contributed by atoms with Crippen LogP contribution in [-0.4, -0.2) is 64.3 Å². The maximum atomic E-state index is 11.5. The third kappa shape index (κ3) is 3.05. The minimum atomic E-state index is -0.319. The smallest absolute Gasteiger partial charge is 0.325 e. The highest BCUT2D eigenvalue weighted by Crippen LogP contribution is 2.10. The first-order valence-electron chi connectivity index (χ1n) is 5.06. The van der Waals surface area contributed by atoms with Crippen molar-refractivity contribution in [1.82, 2.24) is 14.7 Å². The number of carbonyl (C=O) groups is 1. The fraction of sp³-hybridized carbons (Fsp3) is 0.889. The zero-order valence-electron chi connectivity index (χ0n) is 9.26. The molecule has 1 saturated heterocycles. The summed E-state index contributed by atoms with van der Waals surface area (Å²) in [4.78, 5) is 16.1.